The number of carbonyl (C=O) groups excluding carboxylic acids is 2. The molecule has 1 N–H and O–H groups in total. The predicted octanol–water partition coefficient (Wildman–Crippen LogP) is 2.02. The summed E-state index contributed by atoms with van der Waals surface area (Å²) in [5.74, 6) is -2.06. The molecule has 0 unspecified atom stereocenters. The van der Waals surface area contributed by atoms with Gasteiger partial charge in [-0.1, -0.05) is 17.7 Å². The van der Waals surface area contributed by atoms with Crippen molar-refractivity contribution < 1.29 is 14.0 Å². The summed E-state index contributed by atoms with van der Waals surface area (Å²) in [5.41, 5.74) is -0.223. The van der Waals surface area contributed by atoms with Crippen molar-refractivity contribution in [2.45, 2.75) is 0 Å². The lowest BCUT2D eigenvalue weighted by atomic mass is 10.1. The van der Waals surface area contributed by atoms with Gasteiger partial charge in [0.1, 0.15) is 11.7 Å². The van der Waals surface area contributed by atoms with E-state index in [1.54, 1.807) is 0 Å². The molecule has 3 nitrogen and oxygen atoms in total. The van der Waals surface area contributed by atoms with Crippen molar-refractivity contribution in [1.29, 1.82) is 0 Å². The van der Waals surface area contributed by atoms with E-state index in [2.05, 4.69) is 5.32 Å². The summed E-state index contributed by atoms with van der Waals surface area (Å²) >= 11 is 10.9. The lowest BCUT2D eigenvalue weighted by Crippen LogP contribution is -2.30. The molecule has 0 aliphatic heterocycles. The normalized spacial score (nSPS) is 9.94. The number of benzene rings is 1. The number of ketones is 1. The minimum Gasteiger partial charge on any atom is -0.348 e. The Labute approximate surface area is 102 Å². The third-order valence-electron chi connectivity index (χ3n) is 1.81. The topological polar surface area (TPSA) is 46.2 Å². The predicted molar refractivity (Wildman–Crippen MR) is 59.5 cm³/mol. The molecule has 0 saturated carbocycles. The zero-order valence-corrected chi connectivity index (χ0v) is 9.61. The van der Waals surface area contributed by atoms with E-state index in [0.29, 0.717) is 0 Å². The quantitative estimate of drug-likeness (QED) is 0.668. The van der Waals surface area contributed by atoms with Gasteiger partial charge in [-0.3, -0.25) is 9.59 Å². The van der Waals surface area contributed by atoms with Crippen molar-refractivity contribution >= 4 is 34.9 Å². The molecule has 1 aromatic carbocycles. The molecule has 0 heterocycles. The molecule has 6 heteroatoms. The van der Waals surface area contributed by atoms with Crippen molar-refractivity contribution in [2.75, 3.05) is 12.4 Å². The molecule has 0 aliphatic rings. The molecule has 1 aromatic rings. The third-order valence-corrected chi connectivity index (χ3v) is 2.37. The molecule has 0 spiro atoms. The van der Waals surface area contributed by atoms with Crippen LogP contribution in [0.3, 0.4) is 0 Å². The highest BCUT2D eigenvalue weighted by Crippen LogP contribution is 2.18. The number of alkyl halides is 1. The van der Waals surface area contributed by atoms with Crippen molar-refractivity contribution in [2.24, 2.45) is 0 Å². The molecule has 86 valence electrons. The first-order chi connectivity index (χ1) is 7.56. The summed E-state index contributed by atoms with van der Waals surface area (Å²) in [6.07, 6.45) is 0. The molecule has 0 atom stereocenters. The lowest BCUT2D eigenvalue weighted by molar-refractivity contribution is -0.118. The molecule has 0 aliphatic carbocycles. The van der Waals surface area contributed by atoms with Gasteiger partial charge in [0.15, 0.2) is 5.78 Å². The highest BCUT2D eigenvalue weighted by Gasteiger charge is 2.15. The number of halogens is 3. The minimum atomic E-state index is -0.711. The van der Waals surface area contributed by atoms with E-state index < -0.39 is 17.5 Å². The molecule has 0 saturated heterocycles. The van der Waals surface area contributed by atoms with Crippen LogP contribution in [0.5, 0.6) is 0 Å². The molecule has 1 rings (SSSR count). The fraction of sp³-hybridized carbons (Fsp3) is 0.200. The van der Waals surface area contributed by atoms with Gasteiger partial charge in [-0.05, 0) is 12.1 Å². The van der Waals surface area contributed by atoms with Crippen LogP contribution in [0, 0.1) is 5.82 Å². The standard InChI is InChI=1S/C10H8Cl2FNO2/c11-4-9(16)14-5-8(15)10-6(12)2-1-3-7(10)13/h1-3H,4-5H2,(H,14,16). The molecule has 0 radical (unpaired) electrons. The van der Waals surface area contributed by atoms with E-state index >= 15 is 0 Å². The molecule has 0 fully saturated rings. The number of Topliss-reactive ketones (excluding diaryl/α,β-unsaturated/α-hetero) is 1. The Bertz CT molecular complexity index is 403. The second-order valence-corrected chi connectivity index (χ2v) is 3.60. The average molecular weight is 264 g/mol. The van der Waals surface area contributed by atoms with Crippen LogP contribution in [-0.4, -0.2) is 24.1 Å². The SMILES string of the molecule is O=C(CCl)NCC(=O)c1c(F)cccc1Cl. The molecular weight excluding hydrogens is 256 g/mol. The van der Waals surface area contributed by atoms with Gasteiger partial charge in [-0.15, -0.1) is 11.6 Å². The fourth-order valence-corrected chi connectivity index (χ4v) is 1.44. The van der Waals surface area contributed by atoms with E-state index in [4.69, 9.17) is 23.2 Å². The molecule has 0 bridgehead atoms. The van der Waals surface area contributed by atoms with Gasteiger partial charge in [0, 0.05) is 0 Å². The van der Waals surface area contributed by atoms with Crippen LogP contribution < -0.4 is 5.32 Å². The van der Waals surface area contributed by atoms with Gasteiger partial charge < -0.3 is 5.32 Å². The van der Waals surface area contributed by atoms with Crippen LogP contribution in [0.25, 0.3) is 0 Å². The molecule has 0 aromatic heterocycles. The second-order valence-electron chi connectivity index (χ2n) is 2.93. The van der Waals surface area contributed by atoms with E-state index in [1.165, 1.54) is 12.1 Å². The van der Waals surface area contributed by atoms with E-state index in [0.717, 1.165) is 6.07 Å². The van der Waals surface area contributed by atoms with Gasteiger partial charge in [-0.2, -0.15) is 0 Å². The van der Waals surface area contributed by atoms with Crippen LogP contribution in [-0.2, 0) is 4.79 Å². The van der Waals surface area contributed by atoms with Crippen LogP contribution in [0.2, 0.25) is 5.02 Å². The van der Waals surface area contributed by atoms with Crippen LogP contribution in [0.4, 0.5) is 4.39 Å². The number of carbonyl (C=O) groups is 2. The summed E-state index contributed by atoms with van der Waals surface area (Å²) in [6.45, 7) is -0.327. The highest BCUT2D eigenvalue weighted by atomic mass is 35.5. The number of nitrogens with one attached hydrogen (secondary N) is 1. The maximum atomic E-state index is 13.3. The van der Waals surface area contributed by atoms with Gasteiger partial charge >= 0.3 is 0 Å². The Morgan fingerprint density at radius 1 is 1.38 bits per heavy atom. The minimum absolute atomic E-state index is 0.0186. The summed E-state index contributed by atoms with van der Waals surface area (Å²) in [6, 6.07) is 3.93. The Hall–Kier alpha value is -1.13. The van der Waals surface area contributed by atoms with Crippen LogP contribution in [0.1, 0.15) is 10.4 Å². The summed E-state index contributed by atoms with van der Waals surface area (Å²) in [5, 5.41) is 2.26. The lowest BCUT2D eigenvalue weighted by Gasteiger charge is -2.05. The first-order valence-electron chi connectivity index (χ1n) is 4.36. The van der Waals surface area contributed by atoms with E-state index in [1.807, 2.05) is 0 Å². The maximum absolute atomic E-state index is 13.3. The second kappa shape index (κ2) is 5.82. The highest BCUT2D eigenvalue weighted by molar-refractivity contribution is 6.34. The smallest absolute Gasteiger partial charge is 0.235 e. The summed E-state index contributed by atoms with van der Waals surface area (Å²) in [4.78, 5) is 22.3. The largest absolute Gasteiger partial charge is 0.348 e. The van der Waals surface area contributed by atoms with Gasteiger partial charge in [0.25, 0.3) is 0 Å². The van der Waals surface area contributed by atoms with Crippen LogP contribution in [0.15, 0.2) is 18.2 Å². The van der Waals surface area contributed by atoms with E-state index in [9.17, 15) is 14.0 Å². The van der Waals surface area contributed by atoms with Crippen LogP contribution >= 0.6 is 23.2 Å². The zero-order chi connectivity index (χ0) is 12.1. The Morgan fingerprint density at radius 2 is 2.06 bits per heavy atom. The van der Waals surface area contributed by atoms with Crippen molar-refractivity contribution in [1.82, 2.24) is 5.32 Å². The third kappa shape index (κ3) is 3.18. The average Bonchev–Trinajstić information content (AvgIpc) is 2.25. The monoisotopic (exact) mass is 263 g/mol. The first kappa shape index (κ1) is 12.9. The summed E-state index contributed by atoms with van der Waals surface area (Å²) < 4.78 is 13.3. The Morgan fingerprint density at radius 3 is 2.62 bits per heavy atom. The Balaban J connectivity index is 2.77. The van der Waals surface area contributed by atoms with E-state index in [-0.39, 0.29) is 23.0 Å². The molecule has 1 amide bonds. The number of rotatable bonds is 4. The van der Waals surface area contributed by atoms with Crippen molar-refractivity contribution in [3.05, 3.63) is 34.6 Å². The van der Waals surface area contributed by atoms with Gasteiger partial charge in [0.2, 0.25) is 5.91 Å². The van der Waals surface area contributed by atoms with Crippen molar-refractivity contribution in [3.8, 4) is 0 Å². The zero-order valence-electron chi connectivity index (χ0n) is 8.10. The Kier molecular flexibility index (Phi) is 4.71. The summed E-state index contributed by atoms with van der Waals surface area (Å²) in [7, 11) is 0. The first-order valence-corrected chi connectivity index (χ1v) is 5.27. The number of hydrogen-bond donors (Lipinski definition) is 1. The maximum Gasteiger partial charge on any atom is 0.235 e. The molecule has 16 heavy (non-hydrogen) atoms. The molecular formula is C10H8Cl2FNO2. The van der Waals surface area contributed by atoms with Crippen molar-refractivity contribution in [3.63, 3.8) is 0 Å². The fourth-order valence-electron chi connectivity index (χ4n) is 1.08. The number of amides is 1. The van der Waals surface area contributed by atoms with Gasteiger partial charge in [-0.25, -0.2) is 4.39 Å². The van der Waals surface area contributed by atoms with Gasteiger partial charge in [0.05, 0.1) is 17.1 Å². The number of hydrogen-bond acceptors (Lipinski definition) is 2.